The molecule has 0 unspecified atom stereocenters. The second kappa shape index (κ2) is 9.32. The minimum Gasteiger partial charge on any atom is -0.497 e. The summed E-state index contributed by atoms with van der Waals surface area (Å²) < 4.78 is 16.1. The zero-order chi connectivity index (χ0) is 21.8. The Morgan fingerprint density at radius 3 is 2.71 bits per heavy atom. The summed E-state index contributed by atoms with van der Waals surface area (Å²) >= 11 is 0. The van der Waals surface area contributed by atoms with Gasteiger partial charge in [0.1, 0.15) is 11.3 Å². The molecule has 0 bridgehead atoms. The first-order valence-electron chi connectivity index (χ1n) is 10.3. The molecule has 4 rings (SSSR count). The smallest absolute Gasteiger partial charge is 0.340 e. The predicted molar refractivity (Wildman–Crippen MR) is 119 cm³/mol. The minimum atomic E-state index is -0.505. The number of carbonyl (C=O) groups excluding carboxylic acids is 1. The molecule has 1 aliphatic rings. The molecule has 31 heavy (non-hydrogen) atoms. The largest absolute Gasteiger partial charge is 0.497 e. The first-order valence-corrected chi connectivity index (χ1v) is 10.3. The van der Waals surface area contributed by atoms with Gasteiger partial charge in [0.15, 0.2) is 0 Å². The number of anilines is 1. The van der Waals surface area contributed by atoms with Crippen molar-refractivity contribution in [2.45, 2.75) is 19.9 Å². The molecule has 0 aliphatic carbocycles. The number of nitrogens with zero attached hydrogens (tertiary/aromatic N) is 1. The van der Waals surface area contributed by atoms with Crippen LogP contribution in [0.5, 0.6) is 5.75 Å². The molecule has 1 N–H and O–H groups in total. The van der Waals surface area contributed by atoms with Gasteiger partial charge in [-0.2, -0.15) is 0 Å². The van der Waals surface area contributed by atoms with Gasteiger partial charge in [0.2, 0.25) is 5.91 Å². The molecule has 1 fully saturated rings. The average molecular weight is 422 g/mol. The highest BCUT2D eigenvalue weighted by molar-refractivity contribution is 5.94. The summed E-state index contributed by atoms with van der Waals surface area (Å²) in [5.74, 6) is 0.357. The number of hydrogen-bond acceptors (Lipinski definition) is 6. The summed E-state index contributed by atoms with van der Waals surface area (Å²) in [6.07, 6.45) is -0.0535. The number of ether oxygens (including phenoxy) is 2. The van der Waals surface area contributed by atoms with Crippen LogP contribution in [0.2, 0.25) is 0 Å². The van der Waals surface area contributed by atoms with E-state index < -0.39 is 5.63 Å². The van der Waals surface area contributed by atoms with Crippen molar-refractivity contribution in [3.05, 3.63) is 69.6 Å². The van der Waals surface area contributed by atoms with Gasteiger partial charge in [-0.05, 0) is 36.2 Å². The third-order valence-electron chi connectivity index (χ3n) is 5.62. The van der Waals surface area contributed by atoms with Crippen LogP contribution in [0.3, 0.4) is 0 Å². The molecule has 0 saturated carbocycles. The highest BCUT2D eigenvalue weighted by atomic mass is 16.5. The van der Waals surface area contributed by atoms with Gasteiger partial charge in [-0.25, -0.2) is 4.79 Å². The molecule has 1 aromatic heterocycles. The van der Waals surface area contributed by atoms with Crippen LogP contribution in [0, 0.1) is 6.92 Å². The predicted octanol–water partition coefficient (Wildman–Crippen LogP) is 3.12. The maximum Gasteiger partial charge on any atom is 0.340 e. The number of para-hydroxylation sites is 1. The second-order valence-electron chi connectivity index (χ2n) is 7.63. The van der Waals surface area contributed by atoms with Crippen LogP contribution in [0.25, 0.3) is 11.0 Å². The summed E-state index contributed by atoms with van der Waals surface area (Å²) in [5.41, 5.74) is 2.84. The number of morpholine rings is 1. The molecule has 3 aromatic rings. The zero-order valence-electron chi connectivity index (χ0n) is 17.8. The van der Waals surface area contributed by atoms with E-state index in [0.29, 0.717) is 16.9 Å². The van der Waals surface area contributed by atoms with Gasteiger partial charge in [-0.1, -0.05) is 18.2 Å². The Kier molecular flexibility index (Phi) is 6.34. The molecule has 7 nitrogen and oxygen atoms in total. The highest BCUT2D eigenvalue weighted by Crippen LogP contribution is 2.24. The van der Waals surface area contributed by atoms with Gasteiger partial charge in [0, 0.05) is 36.8 Å². The number of amides is 1. The van der Waals surface area contributed by atoms with E-state index in [1.165, 1.54) is 0 Å². The normalized spacial score (nSPS) is 14.5. The highest BCUT2D eigenvalue weighted by Gasteiger charge is 2.17. The summed E-state index contributed by atoms with van der Waals surface area (Å²) in [6.45, 7) is 5.74. The second-order valence-corrected chi connectivity index (χ2v) is 7.63. The van der Waals surface area contributed by atoms with Crippen LogP contribution in [-0.4, -0.2) is 44.2 Å². The minimum absolute atomic E-state index is 0.0535. The van der Waals surface area contributed by atoms with Gasteiger partial charge in [0.25, 0.3) is 0 Å². The van der Waals surface area contributed by atoms with Crippen LogP contribution in [0.1, 0.15) is 16.7 Å². The lowest BCUT2D eigenvalue weighted by Crippen LogP contribution is -2.35. The van der Waals surface area contributed by atoms with Gasteiger partial charge >= 0.3 is 5.63 Å². The van der Waals surface area contributed by atoms with E-state index in [0.717, 1.165) is 55.0 Å². The number of methoxy groups -OCH3 is 1. The Morgan fingerprint density at radius 2 is 1.94 bits per heavy atom. The van der Waals surface area contributed by atoms with E-state index in [4.69, 9.17) is 13.9 Å². The Hall–Kier alpha value is -3.16. The van der Waals surface area contributed by atoms with Crippen molar-refractivity contribution >= 4 is 22.6 Å². The molecule has 162 valence electrons. The number of fused-ring (bicyclic) bond motifs is 1. The number of rotatable bonds is 6. The fraction of sp³-hybridized carbons (Fsp3) is 0.333. The van der Waals surface area contributed by atoms with Crippen molar-refractivity contribution in [1.82, 2.24) is 4.90 Å². The SMILES string of the molecule is COc1ccc2c(C)c(CC(=O)Nc3ccccc3CN3CCOCC3)c(=O)oc2c1. The van der Waals surface area contributed by atoms with Crippen molar-refractivity contribution in [3.63, 3.8) is 0 Å². The van der Waals surface area contributed by atoms with Gasteiger partial charge in [-0.3, -0.25) is 9.69 Å². The molecule has 7 heteroatoms. The average Bonchev–Trinajstić information content (AvgIpc) is 2.78. The molecule has 2 aromatic carbocycles. The molecule has 2 heterocycles. The summed E-state index contributed by atoms with van der Waals surface area (Å²) in [4.78, 5) is 27.7. The summed E-state index contributed by atoms with van der Waals surface area (Å²) in [7, 11) is 1.56. The summed E-state index contributed by atoms with van der Waals surface area (Å²) in [5, 5.41) is 3.76. The first kappa shape index (κ1) is 21.1. The Morgan fingerprint density at radius 1 is 1.16 bits per heavy atom. The maximum absolute atomic E-state index is 12.8. The van der Waals surface area contributed by atoms with E-state index in [9.17, 15) is 9.59 Å². The van der Waals surface area contributed by atoms with Crippen molar-refractivity contribution in [3.8, 4) is 5.75 Å². The van der Waals surface area contributed by atoms with E-state index >= 15 is 0 Å². The lowest BCUT2D eigenvalue weighted by atomic mass is 10.0. The molecule has 0 radical (unpaired) electrons. The lowest BCUT2D eigenvalue weighted by Gasteiger charge is -2.27. The fourth-order valence-electron chi connectivity index (χ4n) is 3.84. The van der Waals surface area contributed by atoms with E-state index in [-0.39, 0.29) is 12.3 Å². The lowest BCUT2D eigenvalue weighted by molar-refractivity contribution is -0.115. The van der Waals surface area contributed by atoms with Crippen molar-refractivity contribution in [2.24, 2.45) is 0 Å². The number of nitrogens with one attached hydrogen (secondary N) is 1. The number of aryl methyl sites for hydroxylation is 1. The number of carbonyl (C=O) groups is 1. The quantitative estimate of drug-likeness (QED) is 0.615. The molecule has 1 aliphatic heterocycles. The van der Waals surface area contributed by atoms with Gasteiger partial charge in [-0.15, -0.1) is 0 Å². The third-order valence-corrected chi connectivity index (χ3v) is 5.62. The number of hydrogen-bond donors (Lipinski definition) is 1. The van der Waals surface area contributed by atoms with E-state index in [2.05, 4.69) is 10.2 Å². The van der Waals surface area contributed by atoms with Crippen molar-refractivity contribution in [2.75, 3.05) is 38.7 Å². The fourth-order valence-corrected chi connectivity index (χ4v) is 3.84. The van der Waals surface area contributed by atoms with E-state index in [1.54, 1.807) is 19.2 Å². The molecule has 0 atom stereocenters. The van der Waals surface area contributed by atoms with Crippen LogP contribution in [0.4, 0.5) is 5.69 Å². The van der Waals surface area contributed by atoms with Crippen LogP contribution < -0.4 is 15.7 Å². The van der Waals surface area contributed by atoms with Crippen LogP contribution in [0.15, 0.2) is 51.7 Å². The summed E-state index contributed by atoms with van der Waals surface area (Å²) in [6, 6.07) is 13.1. The first-order chi connectivity index (χ1) is 15.0. The third kappa shape index (κ3) is 4.78. The van der Waals surface area contributed by atoms with Crippen LogP contribution in [-0.2, 0) is 22.5 Å². The topological polar surface area (TPSA) is 81.0 Å². The maximum atomic E-state index is 12.8. The molecule has 1 saturated heterocycles. The standard InChI is InChI=1S/C24H26N2O5/c1-16-19-8-7-18(29-2)13-22(19)31-24(28)20(16)14-23(27)25-21-6-4-3-5-17(21)15-26-9-11-30-12-10-26/h3-8,13H,9-12,14-15H2,1-2H3,(H,25,27). The molecular weight excluding hydrogens is 396 g/mol. The van der Waals surface area contributed by atoms with Crippen molar-refractivity contribution in [1.29, 1.82) is 0 Å². The monoisotopic (exact) mass is 422 g/mol. The Balaban J connectivity index is 1.53. The van der Waals surface area contributed by atoms with Gasteiger partial charge in [0.05, 0.1) is 32.3 Å². The van der Waals surface area contributed by atoms with Crippen LogP contribution >= 0.6 is 0 Å². The van der Waals surface area contributed by atoms with Crippen molar-refractivity contribution < 1.29 is 18.7 Å². The molecule has 1 amide bonds. The molecule has 0 spiro atoms. The Labute approximate surface area is 180 Å². The molecular formula is C24H26N2O5. The number of benzene rings is 2. The van der Waals surface area contributed by atoms with Gasteiger partial charge < -0.3 is 19.2 Å². The van der Waals surface area contributed by atoms with E-state index in [1.807, 2.05) is 37.3 Å². The Bertz CT molecular complexity index is 1150. The zero-order valence-corrected chi connectivity index (χ0v) is 17.8.